The van der Waals surface area contributed by atoms with Crippen LogP contribution in [-0.2, 0) is 7.05 Å². The highest BCUT2D eigenvalue weighted by Gasteiger charge is 2.23. The smallest absolute Gasteiger partial charge is 0.295 e. The van der Waals surface area contributed by atoms with Crippen LogP contribution in [0, 0.1) is 11.3 Å². The fourth-order valence-electron chi connectivity index (χ4n) is 3.17. The molecule has 0 radical (unpaired) electrons. The summed E-state index contributed by atoms with van der Waals surface area (Å²) in [5, 5.41) is 16.9. The zero-order valence-electron chi connectivity index (χ0n) is 14.7. The van der Waals surface area contributed by atoms with Gasteiger partial charge in [-0.15, -0.1) is 0 Å². The Labute approximate surface area is 160 Å². The van der Waals surface area contributed by atoms with E-state index in [9.17, 15) is 10.1 Å². The van der Waals surface area contributed by atoms with Crippen LogP contribution in [0.5, 0.6) is 5.75 Å². The number of hydrogen-bond donors (Lipinski definition) is 2. The number of nitrogens with one attached hydrogen (secondary N) is 2. The van der Waals surface area contributed by atoms with Gasteiger partial charge in [0.15, 0.2) is 0 Å². The van der Waals surface area contributed by atoms with E-state index in [0.29, 0.717) is 23.7 Å². The number of ether oxygens (including phenoxy) is 1. The molecule has 0 fully saturated rings. The van der Waals surface area contributed by atoms with Crippen LogP contribution in [0.3, 0.4) is 0 Å². The van der Waals surface area contributed by atoms with Gasteiger partial charge in [-0.25, -0.2) is 4.98 Å². The molecule has 3 heterocycles. The van der Waals surface area contributed by atoms with Gasteiger partial charge >= 0.3 is 0 Å². The highest BCUT2D eigenvalue weighted by Crippen LogP contribution is 2.35. The summed E-state index contributed by atoms with van der Waals surface area (Å²) >= 11 is 6.00. The average Bonchev–Trinajstić information content (AvgIpc) is 2.66. The van der Waals surface area contributed by atoms with Gasteiger partial charge in [0.2, 0.25) is 5.75 Å². The normalized spacial score (nSPS) is 15.4. The molecule has 8 heteroatoms. The number of nitrogens with zero attached hydrogens (tertiary/aromatic N) is 3. The molecule has 0 aliphatic carbocycles. The molecule has 2 aromatic heterocycles. The van der Waals surface area contributed by atoms with Crippen molar-refractivity contribution in [1.82, 2.24) is 9.55 Å². The number of halogens is 1. The zero-order chi connectivity index (χ0) is 19.1. The summed E-state index contributed by atoms with van der Waals surface area (Å²) in [7, 11) is 1.72. The lowest BCUT2D eigenvalue weighted by atomic mass is 10.1. The van der Waals surface area contributed by atoms with Crippen molar-refractivity contribution in [2.75, 3.05) is 17.2 Å². The number of anilines is 3. The summed E-state index contributed by atoms with van der Waals surface area (Å²) < 4.78 is 7.25. The van der Waals surface area contributed by atoms with Gasteiger partial charge in [-0.05, 0) is 31.2 Å². The van der Waals surface area contributed by atoms with Crippen molar-refractivity contribution in [3.63, 3.8) is 0 Å². The number of benzene rings is 1. The fraction of sp³-hybridized carbons (Fsp3) is 0.211. The molecule has 4 rings (SSSR count). The van der Waals surface area contributed by atoms with Crippen LogP contribution in [0.25, 0.3) is 10.9 Å². The molecular weight excluding hydrogens is 366 g/mol. The Morgan fingerprint density at radius 2 is 2.26 bits per heavy atom. The van der Waals surface area contributed by atoms with Crippen LogP contribution in [0.15, 0.2) is 35.3 Å². The second-order valence-electron chi connectivity index (χ2n) is 6.42. The molecule has 7 nitrogen and oxygen atoms in total. The minimum atomic E-state index is -0.176. The maximum atomic E-state index is 12.6. The molecule has 136 valence electrons. The zero-order valence-corrected chi connectivity index (χ0v) is 15.5. The summed E-state index contributed by atoms with van der Waals surface area (Å²) in [5.74, 6) is 0.324. The van der Waals surface area contributed by atoms with E-state index >= 15 is 0 Å². The van der Waals surface area contributed by atoms with Crippen molar-refractivity contribution in [1.29, 1.82) is 5.26 Å². The Balaban J connectivity index is 1.87. The lowest BCUT2D eigenvalue weighted by Gasteiger charge is -2.26. The van der Waals surface area contributed by atoms with E-state index in [1.54, 1.807) is 17.7 Å². The topological polar surface area (TPSA) is 92.0 Å². The van der Waals surface area contributed by atoms with Crippen molar-refractivity contribution in [2.45, 2.75) is 13.0 Å². The first-order valence-electron chi connectivity index (χ1n) is 8.37. The Bertz CT molecular complexity index is 1170. The van der Waals surface area contributed by atoms with Crippen LogP contribution in [0.4, 0.5) is 17.1 Å². The molecule has 1 unspecified atom stereocenters. The largest absolute Gasteiger partial charge is 0.484 e. The van der Waals surface area contributed by atoms with E-state index in [4.69, 9.17) is 16.3 Å². The Hall–Kier alpha value is -3.24. The van der Waals surface area contributed by atoms with Crippen molar-refractivity contribution in [2.24, 2.45) is 7.05 Å². The minimum Gasteiger partial charge on any atom is -0.484 e. The Kier molecular flexibility index (Phi) is 4.13. The maximum Gasteiger partial charge on any atom is 0.295 e. The number of nitriles is 1. The molecule has 0 bridgehead atoms. The van der Waals surface area contributed by atoms with Gasteiger partial charge < -0.3 is 19.9 Å². The first-order chi connectivity index (χ1) is 13.0. The molecule has 2 N–H and O–H groups in total. The van der Waals surface area contributed by atoms with E-state index < -0.39 is 0 Å². The molecule has 0 amide bonds. The molecule has 3 aromatic rings. The van der Waals surface area contributed by atoms with Gasteiger partial charge in [-0.1, -0.05) is 11.6 Å². The van der Waals surface area contributed by atoms with Crippen LogP contribution >= 0.6 is 11.6 Å². The first kappa shape index (κ1) is 17.2. The van der Waals surface area contributed by atoms with Gasteiger partial charge in [0.25, 0.3) is 5.56 Å². The molecule has 1 aromatic carbocycles. The number of aryl methyl sites for hydroxylation is 1. The van der Waals surface area contributed by atoms with Crippen molar-refractivity contribution in [3.05, 3.63) is 51.5 Å². The lowest BCUT2D eigenvalue weighted by Crippen LogP contribution is -2.33. The highest BCUT2D eigenvalue weighted by molar-refractivity contribution is 6.31. The maximum absolute atomic E-state index is 12.6. The van der Waals surface area contributed by atoms with Crippen LogP contribution < -0.4 is 20.9 Å². The lowest BCUT2D eigenvalue weighted by molar-refractivity contribution is 0.287. The van der Waals surface area contributed by atoms with E-state index in [2.05, 4.69) is 21.7 Å². The molecule has 27 heavy (non-hydrogen) atoms. The van der Waals surface area contributed by atoms with Crippen LogP contribution in [0.1, 0.15) is 12.5 Å². The Morgan fingerprint density at radius 3 is 3.04 bits per heavy atom. The number of pyridine rings is 2. The summed E-state index contributed by atoms with van der Waals surface area (Å²) in [5.41, 5.74) is 2.88. The third-order valence-corrected chi connectivity index (χ3v) is 4.80. The Morgan fingerprint density at radius 1 is 1.44 bits per heavy atom. The summed E-state index contributed by atoms with van der Waals surface area (Å²) in [6.45, 7) is 2.43. The SMILES string of the molecule is CC1COc2c(c3cc(Nc4ccnc(Cl)c4C#N)ccc3n(C)c2=O)N1. The van der Waals surface area contributed by atoms with E-state index in [1.165, 1.54) is 6.20 Å². The van der Waals surface area contributed by atoms with Crippen molar-refractivity contribution < 1.29 is 4.74 Å². The second kappa shape index (κ2) is 6.49. The highest BCUT2D eigenvalue weighted by atomic mass is 35.5. The predicted molar refractivity (Wildman–Crippen MR) is 105 cm³/mol. The van der Waals surface area contributed by atoms with Crippen LogP contribution in [-0.4, -0.2) is 22.2 Å². The minimum absolute atomic E-state index is 0.0913. The van der Waals surface area contributed by atoms with E-state index in [-0.39, 0.29) is 22.3 Å². The number of hydrogen-bond acceptors (Lipinski definition) is 6. The quantitative estimate of drug-likeness (QED) is 0.661. The van der Waals surface area contributed by atoms with Gasteiger partial charge in [0.1, 0.15) is 23.4 Å². The molecule has 0 saturated carbocycles. The van der Waals surface area contributed by atoms with Gasteiger partial charge in [-0.3, -0.25) is 4.79 Å². The van der Waals surface area contributed by atoms with Crippen LogP contribution in [0.2, 0.25) is 5.15 Å². The van der Waals surface area contributed by atoms with E-state index in [0.717, 1.165) is 16.6 Å². The number of fused-ring (bicyclic) bond motifs is 3. The fourth-order valence-corrected chi connectivity index (χ4v) is 3.37. The predicted octanol–water partition coefficient (Wildman–Crippen LogP) is 3.39. The van der Waals surface area contributed by atoms with Gasteiger partial charge in [0, 0.05) is 24.3 Å². The van der Waals surface area contributed by atoms with Gasteiger partial charge in [-0.2, -0.15) is 5.26 Å². The summed E-state index contributed by atoms with van der Waals surface area (Å²) in [6, 6.07) is 9.45. The van der Waals surface area contributed by atoms with E-state index in [1.807, 2.05) is 25.1 Å². The molecule has 1 atom stereocenters. The summed E-state index contributed by atoms with van der Waals surface area (Å²) in [6.07, 6.45) is 1.54. The van der Waals surface area contributed by atoms with Crippen molar-refractivity contribution >= 4 is 39.6 Å². The molecular formula is C19H16ClN5O2. The number of aromatic nitrogens is 2. The second-order valence-corrected chi connectivity index (χ2v) is 6.78. The third kappa shape index (κ3) is 2.84. The molecule has 0 spiro atoms. The third-order valence-electron chi connectivity index (χ3n) is 4.52. The standard InChI is InChI=1S/C19H16ClN5O2/c1-10-9-27-17-16(23-10)12-7-11(3-4-15(12)25(2)19(17)26)24-14-5-6-22-18(20)13(14)8-21/h3-7,10,23H,9H2,1-2H3,(H,22,24). The monoisotopic (exact) mass is 381 g/mol. The molecule has 0 saturated heterocycles. The molecule has 1 aliphatic rings. The van der Waals surface area contributed by atoms with Gasteiger partial charge in [0.05, 0.1) is 22.9 Å². The summed E-state index contributed by atoms with van der Waals surface area (Å²) in [4.78, 5) is 16.5. The first-order valence-corrected chi connectivity index (χ1v) is 8.75. The molecule has 1 aliphatic heterocycles. The van der Waals surface area contributed by atoms with Crippen molar-refractivity contribution in [3.8, 4) is 11.8 Å². The number of rotatable bonds is 2. The average molecular weight is 382 g/mol.